The molecule has 1 amide bonds. The van der Waals surface area contributed by atoms with Crippen LogP contribution in [0.4, 0.5) is 0 Å². The van der Waals surface area contributed by atoms with E-state index in [0.717, 1.165) is 36.5 Å². The van der Waals surface area contributed by atoms with Crippen molar-refractivity contribution in [1.29, 1.82) is 0 Å². The quantitative estimate of drug-likeness (QED) is 0.165. The fraction of sp³-hybridized carbons (Fsp3) is 0.371. The van der Waals surface area contributed by atoms with Gasteiger partial charge in [-0.1, -0.05) is 50.2 Å². The van der Waals surface area contributed by atoms with Gasteiger partial charge < -0.3 is 29.1 Å². The molecule has 3 aromatic carbocycles. The molecule has 1 N–H and O–H groups in total. The molecule has 3 aromatic rings. The molecule has 1 fully saturated rings. The highest BCUT2D eigenvalue weighted by molar-refractivity contribution is 6.46. The number of benzene rings is 3. The van der Waals surface area contributed by atoms with Crippen LogP contribution in [0.15, 0.2) is 72.3 Å². The Balaban J connectivity index is 1.52. The number of ether oxygens (including phenoxy) is 3. The minimum absolute atomic E-state index is 0.0406. The predicted octanol–water partition coefficient (Wildman–Crippen LogP) is 5.75. The normalized spacial score (nSPS) is 19.0. The minimum Gasteiger partial charge on any atom is -0.507 e. The Morgan fingerprint density at radius 3 is 2.51 bits per heavy atom. The Bertz CT molecular complexity index is 1500. The fourth-order valence-corrected chi connectivity index (χ4v) is 5.90. The first kappa shape index (κ1) is 30.2. The summed E-state index contributed by atoms with van der Waals surface area (Å²) in [6, 6.07) is 19.9. The van der Waals surface area contributed by atoms with Crippen molar-refractivity contribution in [1.82, 2.24) is 9.80 Å². The molecule has 0 saturated carbocycles. The minimum atomic E-state index is -0.780. The van der Waals surface area contributed by atoms with Crippen molar-refractivity contribution in [2.45, 2.75) is 52.4 Å². The first-order valence-electron chi connectivity index (χ1n) is 15.0. The zero-order chi connectivity index (χ0) is 30.5. The van der Waals surface area contributed by atoms with Crippen LogP contribution in [0.5, 0.6) is 17.2 Å². The zero-order valence-corrected chi connectivity index (χ0v) is 25.3. The number of amides is 1. The molecule has 0 bridgehead atoms. The summed E-state index contributed by atoms with van der Waals surface area (Å²) in [5, 5.41) is 11.6. The van der Waals surface area contributed by atoms with Crippen molar-refractivity contribution >= 4 is 17.4 Å². The van der Waals surface area contributed by atoms with E-state index in [9.17, 15) is 14.7 Å². The number of carbonyl (C=O) groups is 2. The largest absolute Gasteiger partial charge is 0.507 e. The molecule has 1 saturated heterocycles. The lowest BCUT2D eigenvalue weighted by atomic mass is 9.94. The third-order valence-electron chi connectivity index (χ3n) is 8.22. The number of likely N-dealkylation sites (tertiary alicyclic amines) is 1. The van der Waals surface area contributed by atoms with E-state index in [0.29, 0.717) is 48.6 Å². The molecule has 2 atom stereocenters. The fourth-order valence-electron chi connectivity index (χ4n) is 5.90. The van der Waals surface area contributed by atoms with Gasteiger partial charge in [0.1, 0.15) is 24.2 Å². The summed E-state index contributed by atoms with van der Waals surface area (Å²) in [5.41, 5.74) is 3.19. The highest BCUT2D eigenvalue weighted by Crippen LogP contribution is 2.43. The van der Waals surface area contributed by atoms with Crippen LogP contribution < -0.4 is 14.2 Å². The van der Waals surface area contributed by atoms with Gasteiger partial charge in [0.05, 0.1) is 18.7 Å². The Kier molecular flexibility index (Phi) is 9.36. The number of ketones is 1. The third kappa shape index (κ3) is 6.39. The van der Waals surface area contributed by atoms with Gasteiger partial charge in [0.25, 0.3) is 11.7 Å². The number of aliphatic hydroxyl groups excluding tert-OH is 1. The SMILES string of the molecule is CCN(CC)CCCN1C(=O)C(=O)/C(=C(/O)c2ccc3c(c2)C[C@@H](C)O3)[C@@H]1c1ccc(OCc2ccccc2)c(OC)c1. The average molecular weight is 585 g/mol. The summed E-state index contributed by atoms with van der Waals surface area (Å²) in [6.07, 6.45) is 1.44. The number of fused-ring (bicyclic) bond motifs is 1. The predicted molar refractivity (Wildman–Crippen MR) is 165 cm³/mol. The molecule has 0 aromatic heterocycles. The molecular formula is C35H40N2O6. The van der Waals surface area contributed by atoms with Crippen LogP contribution in [0.1, 0.15) is 55.5 Å². The number of nitrogens with zero attached hydrogens (tertiary/aromatic N) is 2. The molecule has 2 aliphatic rings. The Labute approximate surface area is 253 Å². The molecule has 0 aliphatic carbocycles. The van der Waals surface area contributed by atoms with Crippen LogP contribution in [0.2, 0.25) is 0 Å². The van der Waals surface area contributed by atoms with Gasteiger partial charge in [0, 0.05) is 18.5 Å². The topological polar surface area (TPSA) is 88.5 Å². The summed E-state index contributed by atoms with van der Waals surface area (Å²) in [6.45, 7) is 9.53. The van der Waals surface area contributed by atoms with Crippen molar-refractivity contribution in [3.63, 3.8) is 0 Å². The third-order valence-corrected chi connectivity index (χ3v) is 8.22. The first-order chi connectivity index (χ1) is 20.8. The van der Waals surface area contributed by atoms with E-state index in [-0.39, 0.29) is 17.4 Å². The number of rotatable bonds is 12. The smallest absolute Gasteiger partial charge is 0.295 e. The molecule has 5 rings (SSSR count). The Morgan fingerprint density at radius 2 is 1.79 bits per heavy atom. The standard InChI is InChI=1S/C35H40N2O6/c1-5-36(6-2)17-10-18-37-32(25-13-16-29(30(21-25)41-4)42-22-24-11-8-7-9-12-24)31(34(39)35(37)40)33(38)26-14-15-28-27(20-26)19-23(3)43-28/h7-9,11-16,20-21,23,32,38H,5-6,10,17-19,22H2,1-4H3/b33-31+/t23-,32+/m1/s1. The van der Waals surface area contributed by atoms with E-state index in [4.69, 9.17) is 14.2 Å². The van der Waals surface area contributed by atoms with Crippen molar-refractivity contribution in [2.24, 2.45) is 0 Å². The van der Waals surface area contributed by atoms with Gasteiger partial charge in [-0.3, -0.25) is 9.59 Å². The highest BCUT2D eigenvalue weighted by atomic mass is 16.5. The molecular weight excluding hydrogens is 544 g/mol. The van der Waals surface area contributed by atoms with E-state index >= 15 is 0 Å². The van der Waals surface area contributed by atoms with Crippen LogP contribution in [0.3, 0.4) is 0 Å². The molecule has 8 heteroatoms. The molecule has 226 valence electrons. The maximum atomic E-state index is 13.6. The van der Waals surface area contributed by atoms with Crippen LogP contribution in [-0.4, -0.2) is 66.0 Å². The first-order valence-corrected chi connectivity index (χ1v) is 15.0. The van der Waals surface area contributed by atoms with Gasteiger partial charge in [-0.15, -0.1) is 0 Å². The summed E-state index contributed by atoms with van der Waals surface area (Å²) in [4.78, 5) is 31.0. The molecule has 8 nitrogen and oxygen atoms in total. The van der Waals surface area contributed by atoms with Crippen molar-refractivity contribution < 1.29 is 28.9 Å². The average Bonchev–Trinajstić information content (AvgIpc) is 3.53. The monoisotopic (exact) mass is 584 g/mol. The highest BCUT2D eigenvalue weighted by Gasteiger charge is 2.46. The second-order valence-corrected chi connectivity index (χ2v) is 11.0. The molecule has 2 heterocycles. The number of aliphatic hydroxyl groups is 1. The van der Waals surface area contributed by atoms with Gasteiger partial charge in [-0.25, -0.2) is 0 Å². The van der Waals surface area contributed by atoms with Crippen LogP contribution in [0, 0.1) is 0 Å². The van der Waals surface area contributed by atoms with Crippen LogP contribution in [0.25, 0.3) is 5.76 Å². The lowest BCUT2D eigenvalue weighted by Gasteiger charge is -2.27. The number of hydrogen-bond acceptors (Lipinski definition) is 7. The van der Waals surface area contributed by atoms with Gasteiger partial charge in [0.2, 0.25) is 0 Å². The molecule has 0 spiro atoms. The maximum Gasteiger partial charge on any atom is 0.295 e. The molecule has 2 aliphatic heterocycles. The Hall–Kier alpha value is -4.30. The lowest BCUT2D eigenvalue weighted by molar-refractivity contribution is -0.140. The van der Waals surface area contributed by atoms with Gasteiger partial charge >= 0.3 is 0 Å². The molecule has 43 heavy (non-hydrogen) atoms. The van der Waals surface area contributed by atoms with Crippen LogP contribution >= 0.6 is 0 Å². The zero-order valence-electron chi connectivity index (χ0n) is 25.3. The van der Waals surface area contributed by atoms with E-state index in [1.54, 1.807) is 30.2 Å². The lowest BCUT2D eigenvalue weighted by Crippen LogP contribution is -2.33. The van der Waals surface area contributed by atoms with Gasteiger partial charge in [-0.05, 0) is 80.0 Å². The summed E-state index contributed by atoms with van der Waals surface area (Å²) in [7, 11) is 1.56. The molecule has 0 unspecified atom stereocenters. The van der Waals surface area contributed by atoms with Gasteiger partial charge in [-0.2, -0.15) is 0 Å². The second-order valence-electron chi connectivity index (χ2n) is 11.0. The maximum absolute atomic E-state index is 13.6. The van der Waals surface area contributed by atoms with E-state index < -0.39 is 17.7 Å². The van der Waals surface area contributed by atoms with E-state index in [1.165, 1.54) is 0 Å². The van der Waals surface area contributed by atoms with Crippen LogP contribution in [-0.2, 0) is 22.6 Å². The number of hydrogen-bond donors (Lipinski definition) is 1. The summed E-state index contributed by atoms with van der Waals surface area (Å²) in [5.74, 6) is 0.284. The van der Waals surface area contributed by atoms with Crippen molar-refractivity contribution in [3.8, 4) is 17.2 Å². The van der Waals surface area contributed by atoms with Gasteiger partial charge in [0.15, 0.2) is 11.5 Å². The summed E-state index contributed by atoms with van der Waals surface area (Å²) >= 11 is 0. The van der Waals surface area contributed by atoms with E-state index in [2.05, 4.69) is 18.7 Å². The van der Waals surface area contributed by atoms with Crippen molar-refractivity contribution in [2.75, 3.05) is 33.3 Å². The second kappa shape index (κ2) is 13.3. The summed E-state index contributed by atoms with van der Waals surface area (Å²) < 4.78 is 17.6. The number of methoxy groups -OCH3 is 1. The van der Waals surface area contributed by atoms with Crippen molar-refractivity contribution in [3.05, 3.63) is 94.6 Å². The molecule has 0 radical (unpaired) electrons. The Morgan fingerprint density at radius 1 is 1.02 bits per heavy atom. The number of Topliss-reactive ketones (excluding diaryl/α,β-unsaturated/α-hetero) is 1. The van der Waals surface area contributed by atoms with E-state index in [1.807, 2.05) is 55.5 Å². The number of carbonyl (C=O) groups excluding carboxylic acids is 2.